The zero-order valence-corrected chi connectivity index (χ0v) is 14.5. The third kappa shape index (κ3) is 4.63. The van der Waals surface area contributed by atoms with Gasteiger partial charge in [0, 0.05) is 23.3 Å². The number of amides is 1. The van der Waals surface area contributed by atoms with E-state index in [9.17, 15) is 4.79 Å². The summed E-state index contributed by atoms with van der Waals surface area (Å²) in [5, 5.41) is 3.97. The second-order valence-electron chi connectivity index (χ2n) is 4.91. The van der Waals surface area contributed by atoms with Crippen LogP contribution in [0.2, 0.25) is 0 Å². The second kappa shape index (κ2) is 8.58. The van der Waals surface area contributed by atoms with Crippen LogP contribution < -0.4 is 24.4 Å². The van der Waals surface area contributed by atoms with Gasteiger partial charge in [0.15, 0.2) is 0 Å². The number of hydrazone groups is 1. The second-order valence-corrected chi connectivity index (χ2v) is 4.91. The first kappa shape index (κ1) is 18.1. The van der Waals surface area contributed by atoms with Gasteiger partial charge in [0.25, 0.3) is 5.91 Å². The van der Waals surface area contributed by atoms with E-state index in [2.05, 4.69) is 10.5 Å². The van der Waals surface area contributed by atoms with Gasteiger partial charge in [0.2, 0.25) is 0 Å². The quantitative estimate of drug-likeness (QED) is 0.617. The van der Waals surface area contributed by atoms with Gasteiger partial charge >= 0.3 is 0 Å². The largest absolute Gasteiger partial charge is 0.497 e. The molecule has 2 rings (SSSR count). The Kier molecular flexibility index (Phi) is 6.22. The van der Waals surface area contributed by atoms with Crippen LogP contribution in [0, 0.1) is 0 Å². The molecule has 0 atom stereocenters. The Balaban J connectivity index is 2.13. The normalized spacial score (nSPS) is 10.4. The van der Waals surface area contributed by atoms with Crippen LogP contribution in [0.1, 0.15) is 15.9 Å². The molecule has 25 heavy (non-hydrogen) atoms. The molecule has 0 saturated carbocycles. The number of rotatable bonds is 7. The predicted octanol–water partition coefficient (Wildman–Crippen LogP) is 2.48. The van der Waals surface area contributed by atoms with Crippen molar-refractivity contribution in [3.05, 3.63) is 47.5 Å². The average Bonchev–Trinajstić information content (AvgIpc) is 2.67. The summed E-state index contributed by atoms with van der Waals surface area (Å²) < 4.78 is 20.7. The van der Waals surface area contributed by atoms with Crippen molar-refractivity contribution in [2.45, 2.75) is 0 Å². The van der Waals surface area contributed by atoms with Crippen molar-refractivity contribution in [3.8, 4) is 23.0 Å². The Hall–Kier alpha value is -3.22. The molecule has 0 unspecified atom stereocenters. The van der Waals surface area contributed by atoms with Gasteiger partial charge in [0.05, 0.1) is 34.7 Å². The van der Waals surface area contributed by atoms with Crippen molar-refractivity contribution in [2.75, 3.05) is 28.4 Å². The molecule has 132 valence electrons. The number of carbonyl (C=O) groups excluding carboxylic acids is 1. The minimum atomic E-state index is -0.388. The molecule has 0 spiro atoms. The summed E-state index contributed by atoms with van der Waals surface area (Å²) in [6.45, 7) is 0. The molecule has 0 bridgehead atoms. The summed E-state index contributed by atoms with van der Waals surface area (Å²) >= 11 is 0. The molecule has 0 aliphatic carbocycles. The van der Waals surface area contributed by atoms with Gasteiger partial charge in [-0.15, -0.1) is 0 Å². The number of ether oxygens (including phenoxy) is 4. The smallest absolute Gasteiger partial charge is 0.271 e. The third-order valence-corrected chi connectivity index (χ3v) is 3.42. The zero-order chi connectivity index (χ0) is 18.2. The highest BCUT2D eigenvalue weighted by Gasteiger charge is 2.09. The van der Waals surface area contributed by atoms with Gasteiger partial charge in [-0.05, 0) is 24.3 Å². The summed E-state index contributed by atoms with van der Waals surface area (Å²) in [5.74, 6) is 1.90. The lowest BCUT2D eigenvalue weighted by Crippen LogP contribution is -2.17. The highest BCUT2D eigenvalue weighted by molar-refractivity contribution is 5.96. The predicted molar refractivity (Wildman–Crippen MR) is 94.2 cm³/mol. The summed E-state index contributed by atoms with van der Waals surface area (Å²) in [7, 11) is 6.16. The number of carbonyl (C=O) groups is 1. The highest BCUT2D eigenvalue weighted by atomic mass is 16.5. The number of hydrogen-bond acceptors (Lipinski definition) is 6. The molecule has 0 saturated heterocycles. The molecule has 7 nitrogen and oxygen atoms in total. The van der Waals surface area contributed by atoms with Gasteiger partial charge in [-0.25, -0.2) is 5.43 Å². The Morgan fingerprint density at radius 3 is 2.08 bits per heavy atom. The first-order valence-electron chi connectivity index (χ1n) is 7.39. The molecular weight excluding hydrogens is 324 g/mol. The van der Waals surface area contributed by atoms with Gasteiger partial charge in [-0.3, -0.25) is 4.79 Å². The molecule has 0 aliphatic heterocycles. The van der Waals surface area contributed by atoms with Crippen molar-refractivity contribution < 1.29 is 23.7 Å². The van der Waals surface area contributed by atoms with Crippen LogP contribution in [0.15, 0.2) is 41.5 Å². The number of nitrogens with one attached hydrogen (secondary N) is 1. The van der Waals surface area contributed by atoms with Crippen LogP contribution >= 0.6 is 0 Å². The van der Waals surface area contributed by atoms with E-state index in [0.717, 1.165) is 0 Å². The Morgan fingerprint density at radius 2 is 1.52 bits per heavy atom. The number of hydrogen-bond donors (Lipinski definition) is 1. The molecule has 2 aromatic carbocycles. The topological polar surface area (TPSA) is 78.4 Å². The Morgan fingerprint density at radius 1 is 0.880 bits per heavy atom. The number of benzene rings is 2. The van der Waals surface area contributed by atoms with E-state index < -0.39 is 0 Å². The fourth-order valence-electron chi connectivity index (χ4n) is 2.09. The number of nitrogens with zero attached hydrogens (tertiary/aromatic N) is 1. The summed E-state index contributed by atoms with van der Waals surface area (Å²) in [5.41, 5.74) is 3.53. The lowest BCUT2D eigenvalue weighted by molar-refractivity contribution is 0.0954. The van der Waals surface area contributed by atoms with Crippen LogP contribution in [0.5, 0.6) is 23.0 Å². The maximum atomic E-state index is 12.2. The van der Waals surface area contributed by atoms with E-state index in [4.69, 9.17) is 18.9 Å². The molecule has 1 N–H and O–H groups in total. The fraction of sp³-hybridized carbons (Fsp3) is 0.222. The van der Waals surface area contributed by atoms with Crippen LogP contribution in [0.3, 0.4) is 0 Å². The molecular formula is C18H20N2O5. The van der Waals surface area contributed by atoms with Gasteiger partial charge in [-0.1, -0.05) is 0 Å². The van der Waals surface area contributed by atoms with Crippen LogP contribution in [-0.2, 0) is 0 Å². The molecule has 0 fully saturated rings. The van der Waals surface area contributed by atoms with E-state index in [1.807, 2.05) is 0 Å². The monoisotopic (exact) mass is 344 g/mol. The lowest BCUT2D eigenvalue weighted by atomic mass is 10.2. The van der Waals surface area contributed by atoms with E-state index >= 15 is 0 Å². The van der Waals surface area contributed by atoms with Crippen molar-refractivity contribution in [3.63, 3.8) is 0 Å². The van der Waals surface area contributed by atoms with Crippen molar-refractivity contribution in [1.29, 1.82) is 0 Å². The SMILES string of the molecule is COc1cc(OC)cc(C(=O)N/N=C\c2ccc(OC)cc2OC)c1. The van der Waals surface area contributed by atoms with E-state index in [0.29, 0.717) is 34.1 Å². The Bertz CT molecular complexity index is 752. The van der Waals surface area contributed by atoms with Crippen LogP contribution in [-0.4, -0.2) is 40.6 Å². The molecule has 1 amide bonds. The van der Waals surface area contributed by atoms with Crippen molar-refractivity contribution in [2.24, 2.45) is 5.10 Å². The average molecular weight is 344 g/mol. The maximum absolute atomic E-state index is 12.2. The summed E-state index contributed by atoms with van der Waals surface area (Å²) in [4.78, 5) is 12.2. The fourth-order valence-corrected chi connectivity index (χ4v) is 2.09. The van der Waals surface area contributed by atoms with Gasteiger partial charge < -0.3 is 18.9 Å². The molecule has 0 radical (unpaired) electrons. The standard InChI is InChI=1S/C18H20N2O5/c1-22-14-6-5-12(17(10-14)25-4)11-19-20-18(21)13-7-15(23-2)9-16(8-13)24-3/h5-11H,1-4H3,(H,20,21)/b19-11-. The Labute approximate surface area is 146 Å². The first-order valence-corrected chi connectivity index (χ1v) is 7.39. The minimum Gasteiger partial charge on any atom is -0.497 e. The number of methoxy groups -OCH3 is 4. The lowest BCUT2D eigenvalue weighted by Gasteiger charge is -2.08. The van der Waals surface area contributed by atoms with Crippen LogP contribution in [0.4, 0.5) is 0 Å². The zero-order valence-electron chi connectivity index (χ0n) is 14.5. The van der Waals surface area contributed by atoms with E-state index in [1.54, 1.807) is 50.6 Å². The van der Waals surface area contributed by atoms with E-state index in [-0.39, 0.29) is 5.91 Å². The van der Waals surface area contributed by atoms with Gasteiger partial charge in [-0.2, -0.15) is 5.10 Å². The van der Waals surface area contributed by atoms with E-state index in [1.165, 1.54) is 20.4 Å². The van der Waals surface area contributed by atoms with Crippen molar-refractivity contribution in [1.82, 2.24) is 5.43 Å². The van der Waals surface area contributed by atoms with Crippen molar-refractivity contribution >= 4 is 12.1 Å². The summed E-state index contributed by atoms with van der Waals surface area (Å²) in [6.07, 6.45) is 1.49. The van der Waals surface area contributed by atoms with Gasteiger partial charge in [0.1, 0.15) is 23.0 Å². The maximum Gasteiger partial charge on any atom is 0.271 e. The molecule has 0 aromatic heterocycles. The third-order valence-electron chi connectivity index (χ3n) is 3.42. The molecule has 0 heterocycles. The summed E-state index contributed by atoms with van der Waals surface area (Å²) in [6, 6.07) is 10.2. The molecule has 2 aromatic rings. The molecule has 0 aliphatic rings. The first-order chi connectivity index (χ1) is 12.1. The molecule has 7 heteroatoms. The minimum absolute atomic E-state index is 0.370. The highest BCUT2D eigenvalue weighted by Crippen LogP contribution is 2.24. The van der Waals surface area contributed by atoms with Crippen LogP contribution in [0.25, 0.3) is 0 Å².